The Kier molecular flexibility index (Phi) is 5.58. The van der Waals surface area contributed by atoms with Crippen LogP contribution in [0.3, 0.4) is 0 Å². The number of hydrogen-bond acceptors (Lipinski definition) is 5. The number of nitrogens with zero attached hydrogens (tertiary/aromatic N) is 3. The Labute approximate surface area is 162 Å². The van der Waals surface area contributed by atoms with E-state index in [0.717, 1.165) is 4.90 Å². The highest BCUT2D eigenvalue weighted by molar-refractivity contribution is 6.45. The maximum absolute atomic E-state index is 13.9. The van der Waals surface area contributed by atoms with Crippen molar-refractivity contribution in [2.45, 2.75) is 6.92 Å². The first-order valence-electron chi connectivity index (χ1n) is 8.87. The third-order valence-electron chi connectivity index (χ3n) is 4.59. The molecule has 1 aliphatic heterocycles. The van der Waals surface area contributed by atoms with Gasteiger partial charge < -0.3 is 15.5 Å². The molecule has 0 spiro atoms. The first kappa shape index (κ1) is 19.3. The van der Waals surface area contributed by atoms with Gasteiger partial charge in [0.25, 0.3) is 0 Å². The molecule has 1 aliphatic rings. The SMILES string of the molecule is CC(=O)N(C(=O)C(=O)N1CCN(c2ccccc2F)CC1)c1cccc(N)c1. The predicted molar refractivity (Wildman–Crippen MR) is 104 cm³/mol. The van der Waals surface area contributed by atoms with E-state index in [1.165, 1.54) is 24.0 Å². The van der Waals surface area contributed by atoms with Gasteiger partial charge in [-0.3, -0.25) is 14.4 Å². The smallest absolute Gasteiger partial charge is 0.323 e. The lowest BCUT2D eigenvalue weighted by Crippen LogP contribution is -2.54. The topological polar surface area (TPSA) is 87.0 Å². The summed E-state index contributed by atoms with van der Waals surface area (Å²) in [4.78, 5) is 41.4. The molecular formula is C20H21FN4O3. The molecule has 2 N–H and O–H groups in total. The van der Waals surface area contributed by atoms with Gasteiger partial charge in [-0.05, 0) is 30.3 Å². The Morgan fingerprint density at radius 3 is 2.29 bits per heavy atom. The highest BCUT2D eigenvalue weighted by atomic mass is 19.1. The molecule has 0 aliphatic carbocycles. The van der Waals surface area contributed by atoms with Gasteiger partial charge in [0.15, 0.2) is 0 Å². The third-order valence-corrected chi connectivity index (χ3v) is 4.59. The van der Waals surface area contributed by atoms with E-state index in [0.29, 0.717) is 24.5 Å². The van der Waals surface area contributed by atoms with Crippen LogP contribution in [0.1, 0.15) is 6.92 Å². The van der Waals surface area contributed by atoms with Crippen molar-refractivity contribution in [3.63, 3.8) is 0 Å². The first-order valence-corrected chi connectivity index (χ1v) is 8.87. The van der Waals surface area contributed by atoms with Crippen LogP contribution >= 0.6 is 0 Å². The van der Waals surface area contributed by atoms with Gasteiger partial charge in [-0.2, -0.15) is 0 Å². The lowest BCUT2D eigenvalue weighted by Gasteiger charge is -2.36. The Bertz CT molecular complexity index is 910. The number of benzene rings is 2. The monoisotopic (exact) mass is 384 g/mol. The van der Waals surface area contributed by atoms with Crippen LogP contribution in [0.4, 0.5) is 21.5 Å². The molecule has 7 nitrogen and oxygen atoms in total. The van der Waals surface area contributed by atoms with Gasteiger partial charge >= 0.3 is 11.8 Å². The highest BCUT2D eigenvalue weighted by Crippen LogP contribution is 2.21. The molecule has 0 aromatic heterocycles. The number of anilines is 3. The molecule has 0 saturated carbocycles. The number of imide groups is 1. The van der Waals surface area contributed by atoms with E-state index in [9.17, 15) is 18.8 Å². The molecule has 0 atom stereocenters. The summed E-state index contributed by atoms with van der Waals surface area (Å²) in [7, 11) is 0. The van der Waals surface area contributed by atoms with Gasteiger partial charge in [-0.25, -0.2) is 9.29 Å². The zero-order valence-electron chi connectivity index (χ0n) is 15.5. The van der Waals surface area contributed by atoms with Crippen molar-refractivity contribution >= 4 is 34.8 Å². The number of carbonyl (C=O) groups is 3. The van der Waals surface area contributed by atoms with Crippen molar-refractivity contribution in [3.8, 4) is 0 Å². The molecule has 8 heteroatoms. The van der Waals surface area contributed by atoms with E-state index in [1.54, 1.807) is 36.4 Å². The van der Waals surface area contributed by atoms with Gasteiger partial charge in [0.05, 0.1) is 11.4 Å². The van der Waals surface area contributed by atoms with E-state index in [-0.39, 0.29) is 24.6 Å². The van der Waals surface area contributed by atoms with Crippen LogP contribution < -0.4 is 15.5 Å². The van der Waals surface area contributed by atoms with Crippen LogP contribution in [0.2, 0.25) is 0 Å². The second-order valence-corrected chi connectivity index (χ2v) is 6.49. The van der Waals surface area contributed by atoms with Crippen LogP contribution in [-0.4, -0.2) is 48.8 Å². The lowest BCUT2D eigenvalue weighted by molar-refractivity contribution is -0.145. The van der Waals surface area contributed by atoms with Crippen LogP contribution in [0, 0.1) is 5.82 Å². The van der Waals surface area contributed by atoms with E-state index in [4.69, 9.17) is 5.73 Å². The summed E-state index contributed by atoms with van der Waals surface area (Å²) in [6.45, 7) is 2.49. The summed E-state index contributed by atoms with van der Waals surface area (Å²) >= 11 is 0. The fourth-order valence-corrected chi connectivity index (χ4v) is 3.20. The van der Waals surface area contributed by atoms with E-state index in [2.05, 4.69) is 0 Å². The molecule has 0 bridgehead atoms. The Morgan fingerprint density at radius 1 is 1.00 bits per heavy atom. The van der Waals surface area contributed by atoms with Crippen LogP contribution in [0.5, 0.6) is 0 Å². The number of nitrogen functional groups attached to an aromatic ring is 1. The molecule has 1 saturated heterocycles. The summed E-state index contributed by atoms with van der Waals surface area (Å²) in [6, 6.07) is 12.6. The van der Waals surface area contributed by atoms with Crippen LogP contribution in [0.25, 0.3) is 0 Å². The normalized spacial score (nSPS) is 13.9. The molecule has 0 unspecified atom stereocenters. The number of rotatable bonds is 2. The zero-order valence-corrected chi connectivity index (χ0v) is 15.5. The van der Waals surface area contributed by atoms with Crippen molar-refractivity contribution in [2.24, 2.45) is 0 Å². The minimum atomic E-state index is -0.933. The maximum atomic E-state index is 13.9. The number of amides is 3. The lowest BCUT2D eigenvalue weighted by atomic mass is 10.2. The number of carbonyl (C=O) groups excluding carboxylic acids is 3. The number of piperazine rings is 1. The maximum Gasteiger partial charge on any atom is 0.323 e. The second kappa shape index (κ2) is 8.08. The minimum Gasteiger partial charge on any atom is -0.399 e. The molecule has 1 fully saturated rings. The van der Waals surface area contributed by atoms with Gasteiger partial charge in [-0.15, -0.1) is 0 Å². The summed E-state index contributed by atoms with van der Waals surface area (Å²) in [5.74, 6) is -2.61. The largest absolute Gasteiger partial charge is 0.399 e. The molecular weight excluding hydrogens is 363 g/mol. The van der Waals surface area contributed by atoms with Gasteiger partial charge in [0.1, 0.15) is 5.82 Å². The van der Waals surface area contributed by atoms with Crippen molar-refractivity contribution in [1.82, 2.24) is 4.90 Å². The number of nitrogens with two attached hydrogens (primary N) is 1. The zero-order chi connectivity index (χ0) is 20.3. The van der Waals surface area contributed by atoms with Crippen molar-refractivity contribution < 1.29 is 18.8 Å². The summed E-state index contributed by atoms with van der Waals surface area (Å²) in [6.07, 6.45) is 0. The summed E-state index contributed by atoms with van der Waals surface area (Å²) in [5.41, 5.74) is 6.80. The van der Waals surface area contributed by atoms with E-state index in [1.807, 2.05) is 4.90 Å². The molecule has 2 aromatic carbocycles. The Balaban J connectivity index is 1.71. The molecule has 3 rings (SSSR count). The molecule has 3 amide bonds. The van der Waals surface area contributed by atoms with Crippen molar-refractivity contribution in [2.75, 3.05) is 41.7 Å². The molecule has 28 heavy (non-hydrogen) atoms. The van der Waals surface area contributed by atoms with Crippen molar-refractivity contribution in [3.05, 3.63) is 54.3 Å². The standard InChI is InChI=1S/C20H21FN4O3/c1-14(26)25(16-6-4-5-15(22)13-16)20(28)19(27)24-11-9-23(10-12-24)18-8-3-2-7-17(18)21/h2-8,13H,9-12,22H2,1H3. The minimum absolute atomic E-state index is 0.246. The van der Waals surface area contributed by atoms with E-state index >= 15 is 0 Å². The fraction of sp³-hybridized carbons (Fsp3) is 0.250. The molecule has 2 aromatic rings. The molecule has 146 valence electrons. The highest BCUT2D eigenvalue weighted by Gasteiger charge is 2.32. The average molecular weight is 384 g/mol. The van der Waals surface area contributed by atoms with Crippen molar-refractivity contribution in [1.29, 1.82) is 0 Å². The summed E-state index contributed by atoms with van der Waals surface area (Å²) in [5, 5.41) is 0. The predicted octanol–water partition coefficient (Wildman–Crippen LogP) is 1.64. The van der Waals surface area contributed by atoms with Crippen LogP contribution in [0.15, 0.2) is 48.5 Å². The summed E-state index contributed by atoms with van der Waals surface area (Å²) < 4.78 is 13.9. The Morgan fingerprint density at radius 2 is 1.68 bits per heavy atom. The number of para-hydroxylation sites is 1. The fourth-order valence-electron chi connectivity index (χ4n) is 3.20. The van der Waals surface area contributed by atoms with Crippen LogP contribution in [-0.2, 0) is 14.4 Å². The average Bonchev–Trinajstić information content (AvgIpc) is 2.68. The number of halogens is 1. The second-order valence-electron chi connectivity index (χ2n) is 6.49. The molecule has 0 radical (unpaired) electrons. The third kappa shape index (κ3) is 3.95. The Hall–Kier alpha value is -3.42. The number of hydrogen-bond donors (Lipinski definition) is 1. The van der Waals surface area contributed by atoms with Gasteiger partial charge in [-0.1, -0.05) is 18.2 Å². The van der Waals surface area contributed by atoms with Gasteiger partial charge in [0, 0.05) is 38.8 Å². The molecule has 1 heterocycles. The van der Waals surface area contributed by atoms with E-state index < -0.39 is 17.7 Å². The van der Waals surface area contributed by atoms with Gasteiger partial charge in [0.2, 0.25) is 5.91 Å². The quantitative estimate of drug-likeness (QED) is 0.628. The first-order chi connectivity index (χ1) is 13.4.